The Hall–Kier alpha value is -1.68. The number of carbonyl (C=O) groups excluding carboxylic acids is 1. The van der Waals surface area contributed by atoms with Gasteiger partial charge >= 0.3 is 0 Å². The van der Waals surface area contributed by atoms with Gasteiger partial charge in [-0.15, -0.1) is 0 Å². The molecular formula is C17H16BrFO2. The van der Waals surface area contributed by atoms with E-state index in [1.165, 1.54) is 6.07 Å². The predicted molar refractivity (Wildman–Crippen MR) is 84.2 cm³/mol. The quantitative estimate of drug-likeness (QED) is 0.798. The van der Waals surface area contributed by atoms with E-state index in [1.54, 1.807) is 18.2 Å². The first-order chi connectivity index (χ1) is 9.97. The van der Waals surface area contributed by atoms with E-state index in [9.17, 15) is 9.18 Å². The van der Waals surface area contributed by atoms with Crippen molar-refractivity contribution < 1.29 is 13.9 Å². The summed E-state index contributed by atoms with van der Waals surface area (Å²) in [4.78, 5) is 11.9. The lowest BCUT2D eigenvalue weighted by atomic mass is 10.1. The second-order valence-corrected chi connectivity index (χ2v) is 5.76. The Kier molecular flexibility index (Phi) is 5.12. The van der Waals surface area contributed by atoms with E-state index < -0.39 is 0 Å². The fraction of sp³-hybridized carbons (Fsp3) is 0.235. The highest BCUT2D eigenvalue weighted by Gasteiger charge is 2.09. The van der Waals surface area contributed by atoms with E-state index in [1.807, 2.05) is 26.0 Å². The molecule has 0 atom stereocenters. The van der Waals surface area contributed by atoms with Gasteiger partial charge in [0.1, 0.15) is 18.2 Å². The van der Waals surface area contributed by atoms with Crippen molar-refractivity contribution in [1.82, 2.24) is 0 Å². The molecule has 2 aromatic rings. The molecule has 21 heavy (non-hydrogen) atoms. The normalized spacial score (nSPS) is 10.5. The Morgan fingerprint density at radius 1 is 1.19 bits per heavy atom. The van der Waals surface area contributed by atoms with Crippen LogP contribution < -0.4 is 4.74 Å². The Morgan fingerprint density at radius 2 is 1.81 bits per heavy atom. The van der Waals surface area contributed by atoms with Crippen molar-refractivity contribution in [2.75, 3.05) is 6.61 Å². The summed E-state index contributed by atoms with van der Waals surface area (Å²) in [6.07, 6.45) is 0.0428. The molecule has 0 radical (unpaired) electrons. The molecule has 0 N–H and O–H groups in total. The second-order valence-electron chi connectivity index (χ2n) is 4.97. The number of ether oxygens (including phenoxy) is 1. The maximum atomic E-state index is 13.5. The first kappa shape index (κ1) is 15.7. The van der Waals surface area contributed by atoms with Crippen LogP contribution in [-0.4, -0.2) is 12.4 Å². The fourth-order valence-corrected chi connectivity index (χ4v) is 2.29. The largest absolute Gasteiger partial charge is 0.486 e. The highest BCUT2D eigenvalue weighted by atomic mass is 79.9. The molecule has 0 aromatic heterocycles. The zero-order chi connectivity index (χ0) is 15.4. The number of rotatable bonds is 5. The van der Waals surface area contributed by atoms with Crippen LogP contribution in [0.4, 0.5) is 4.39 Å². The zero-order valence-electron chi connectivity index (χ0n) is 12.0. The van der Waals surface area contributed by atoms with Gasteiger partial charge in [-0.05, 0) is 48.7 Å². The summed E-state index contributed by atoms with van der Waals surface area (Å²) in [5.74, 6) is 0.134. The van der Waals surface area contributed by atoms with Crippen LogP contribution in [0.2, 0.25) is 0 Å². The first-order valence-corrected chi connectivity index (χ1v) is 7.41. The molecule has 110 valence electrons. The minimum Gasteiger partial charge on any atom is -0.486 e. The lowest BCUT2D eigenvalue weighted by Gasteiger charge is -2.10. The summed E-state index contributed by atoms with van der Waals surface area (Å²) in [6, 6.07) is 10.0. The lowest BCUT2D eigenvalue weighted by Crippen LogP contribution is -2.14. The number of ketones is 1. The van der Waals surface area contributed by atoms with Crippen LogP contribution in [0, 0.1) is 19.7 Å². The first-order valence-electron chi connectivity index (χ1n) is 6.62. The number of benzene rings is 2. The van der Waals surface area contributed by atoms with Crippen LogP contribution >= 0.6 is 15.9 Å². The molecule has 0 fully saturated rings. The monoisotopic (exact) mass is 350 g/mol. The van der Waals surface area contributed by atoms with Gasteiger partial charge in [-0.25, -0.2) is 4.39 Å². The van der Waals surface area contributed by atoms with Gasteiger partial charge in [-0.3, -0.25) is 4.79 Å². The third kappa shape index (κ3) is 4.14. The number of carbonyl (C=O) groups is 1. The molecule has 0 aliphatic rings. The van der Waals surface area contributed by atoms with Crippen molar-refractivity contribution in [3.05, 3.63) is 63.4 Å². The summed E-state index contributed by atoms with van der Waals surface area (Å²) in [5, 5.41) is 0. The third-order valence-corrected chi connectivity index (χ3v) is 4.41. The molecule has 0 heterocycles. The molecule has 0 amide bonds. The minimum atomic E-state index is -0.360. The molecule has 0 unspecified atom stereocenters. The predicted octanol–water partition coefficient (Wildman–Crippen LogP) is 4.40. The van der Waals surface area contributed by atoms with E-state index in [2.05, 4.69) is 15.9 Å². The highest BCUT2D eigenvalue weighted by molar-refractivity contribution is 9.10. The van der Waals surface area contributed by atoms with Gasteiger partial charge in [0.05, 0.1) is 0 Å². The molecule has 0 bridgehead atoms. The maximum Gasteiger partial charge on any atom is 0.174 e. The lowest BCUT2D eigenvalue weighted by molar-refractivity contribution is -0.120. The molecule has 0 aliphatic heterocycles. The van der Waals surface area contributed by atoms with Gasteiger partial charge < -0.3 is 4.74 Å². The second kappa shape index (κ2) is 6.85. The van der Waals surface area contributed by atoms with E-state index in [4.69, 9.17) is 4.74 Å². The minimum absolute atomic E-state index is 0.0428. The molecule has 0 aliphatic carbocycles. The van der Waals surface area contributed by atoms with E-state index in [0.29, 0.717) is 11.3 Å². The van der Waals surface area contributed by atoms with Gasteiger partial charge in [-0.1, -0.05) is 34.1 Å². The summed E-state index contributed by atoms with van der Waals surface area (Å²) >= 11 is 3.48. The number of hydrogen-bond acceptors (Lipinski definition) is 2. The zero-order valence-corrected chi connectivity index (χ0v) is 13.5. The number of aryl methyl sites for hydroxylation is 2. The molecule has 0 spiro atoms. The average Bonchev–Trinajstić information content (AvgIpc) is 2.45. The molecule has 2 rings (SSSR count). The third-order valence-electron chi connectivity index (χ3n) is 3.16. The Labute approximate surface area is 132 Å². The summed E-state index contributed by atoms with van der Waals surface area (Å²) < 4.78 is 20.0. The van der Waals surface area contributed by atoms with Crippen LogP contribution in [0.3, 0.4) is 0 Å². The van der Waals surface area contributed by atoms with Gasteiger partial charge in [0.15, 0.2) is 5.78 Å². The van der Waals surface area contributed by atoms with Crippen LogP contribution in [-0.2, 0) is 11.2 Å². The van der Waals surface area contributed by atoms with Crippen molar-refractivity contribution >= 4 is 21.7 Å². The van der Waals surface area contributed by atoms with E-state index in [-0.39, 0.29) is 24.6 Å². The molecular weight excluding hydrogens is 335 g/mol. The van der Waals surface area contributed by atoms with E-state index >= 15 is 0 Å². The van der Waals surface area contributed by atoms with Crippen molar-refractivity contribution in [3.8, 4) is 5.75 Å². The number of halogens is 2. The van der Waals surface area contributed by atoms with Crippen LogP contribution in [0.25, 0.3) is 0 Å². The topological polar surface area (TPSA) is 26.3 Å². The van der Waals surface area contributed by atoms with Gasteiger partial charge in [-0.2, -0.15) is 0 Å². The Balaban J connectivity index is 1.97. The number of hydrogen-bond donors (Lipinski definition) is 0. The SMILES string of the molecule is Cc1cc(OCC(=O)Cc2ccccc2F)cc(C)c1Br. The smallest absolute Gasteiger partial charge is 0.174 e. The Bertz CT molecular complexity index is 645. The van der Waals surface area contributed by atoms with E-state index in [0.717, 1.165) is 15.6 Å². The molecule has 4 heteroatoms. The van der Waals surface area contributed by atoms with Crippen LogP contribution in [0.5, 0.6) is 5.75 Å². The molecule has 0 saturated carbocycles. The molecule has 0 saturated heterocycles. The van der Waals surface area contributed by atoms with Crippen molar-refractivity contribution in [1.29, 1.82) is 0 Å². The van der Waals surface area contributed by atoms with Gasteiger partial charge in [0.2, 0.25) is 0 Å². The van der Waals surface area contributed by atoms with Gasteiger partial charge in [0, 0.05) is 10.9 Å². The summed E-state index contributed by atoms with van der Waals surface area (Å²) in [6.45, 7) is 3.87. The summed E-state index contributed by atoms with van der Waals surface area (Å²) in [7, 11) is 0. The summed E-state index contributed by atoms with van der Waals surface area (Å²) in [5.41, 5.74) is 2.49. The Morgan fingerprint density at radius 3 is 2.43 bits per heavy atom. The maximum absolute atomic E-state index is 13.5. The van der Waals surface area contributed by atoms with Crippen LogP contribution in [0.15, 0.2) is 40.9 Å². The molecule has 2 nitrogen and oxygen atoms in total. The molecule has 2 aromatic carbocycles. The highest BCUT2D eigenvalue weighted by Crippen LogP contribution is 2.26. The number of Topliss-reactive ketones (excluding diaryl/α,β-unsaturated/α-hetero) is 1. The van der Waals surface area contributed by atoms with Crippen LogP contribution in [0.1, 0.15) is 16.7 Å². The van der Waals surface area contributed by atoms with Crippen molar-refractivity contribution in [3.63, 3.8) is 0 Å². The van der Waals surface area contributed by atoms with Crippen molar-refractivity contribution in [2.24, 2.45) is 0 Å². The van der Waals surface area contributed by atoms with Gasteiger partial charge in [0.25, 0.3) is 0 Å². The fourth-order valence-electron chi connectivity index (χ4n) is 2.06. The van der Waals surface area contributed by atoms with Crippen molar-refractivity contribution in [2.45, 2.75) is 20.3 Å². The average molecular weight is 351 g/mol. The standard InChI is InChI=1S/C17H16BrFO2/c1-11-7-15(8-12(2)17(11)18)21-10-14(20)9-13-5-3-4-6-16(13)19/h3-8H,9-10H2,1-2H3.